The Bertz CT molecular complexity index is 367. The molecule has 0 unspecified atom stereocenters. The minimum atomic E-state index is 1.06. The van der Waals surface area contributed by atoms with Crippen LogP contribution in [0.1, 0.15) is 29.5 Å². The van der Waals surface area contributed by atoms with Crippen LogP contribution in [0.25, 0.3) is 0 Å². The molecule has 0 saturated carbocycles. The van der Waals surface area contributed by atoms with Gasteiger partial charge in [0.2, 0.25) is 0 Å². The van der Waals surface area contributed by atoms with Gasteiger partial charge in [-0.05, 0) is 55.6 Å². The first-order chi connectivity index (χ1) is 7.93. The second kappa shape index (κ2) is 4.56. The summed E-state index contributed by atoms with van der Waals surface area (Å²) >= 11 is 0. The average molecular weight is 216 g/mol. The Hall–Kier alpha value is -0.860. The Morgan fingerprint density at radius 1 is 1.19 bits per heavy atom. The summed E-state index contributed by atoms with van der Waals surface area (Å²) in [5.41, 5.74) is 4.71. The third-order valence-electron chi connectivity index (χ3n) is 3.83. The van der Waals surface area contributed by atoms with E-state index in [-0.39, 0.29) is 0 Å². The van der Waals surface area contributed by atoms with Crippen LogP contribution in [0, 0.1) is 0 Å². The van der Waals surface area contributed by atoms with Crippen LogP contribution in [0.5, 0.6) is 0 Å². The number of hydrogen-bond acceptors (Lipinski definition) is 2. The summed E-state index contributed by atoms with van der Waals surface area (Å²) in [4.78, 5) is 2.59. The molecule has 1 aromatic carbocycles. The first kappa shape index (κ1) is 10.3. The zero-order valence-electron chi connectivity index (χ0n) is 9.84. The predicted octanol–water partition coefficient (Wildman–Crippen LogP) is 1.93. The molecule has 0 bridgehead atoms. The Labute approximate surface area is 97.6 Å². The molecule has 3 rings (SSSR count). The summed E-state index contributed by atoms with van der Waals surface area (Å²) in [7, 11) is 0. The Balaban J connectivity index is 1.82. The monoisotopic (exact) mass is 216 g/mol. The van der Waals surface area contributed by atoms with Gasteiger partial charge in [0.1, 0.15) is 0 Å². The number of nitrogens with zero attached hydrogens (tertiary/aromatic N) is 1. The second-order valence-corrected chi connectivity index (χ2v) is 4.96. The molecule has 2 nitrogen and oxygen atoms in total. The molecule has 2 aliphatic heterocycles. The maximum Gasteiger partial charge on any atom is 0.0236 e. The van der Waals surface area contributed by atoms with E-state index >= 15 is 0 Å². The van der Waals surface area contributed by atoms with Crippen LogP contribution in [0.3, 0.4) is 0 Å². The summed E-state index contributed by atoms with van der Waals surface area (Å²) in [6, 6.07) is 6.81. The van der Waals surface area contributed by atoms with Gasteiger partial charge in [-0.15, -0.1) is 0 Å². The molecule has 86 valence electrons. The highest BCUT2D eigenvalue weighted by molar-refractivity contribution is 5.37. The minimum absolute atomic E-state index is 1.06. The fourth-order valence-corrected chi connectivity index (χ4v) is 2.94. The lowest BCUT2D eigenvalue weighted by Gasteiger charge is -2.23. The molecule has 0 amide bonds. The van der Waals surface area contributed by atoms with Gasteiger partial charge >= 0.3 is 0 Å². The van der Waals surface area contributed by atoms with E-state index in [1.54, 1.807) is 11.1 Å². The lowest BCUT2D eigenvalue weighted by molar-refractivity contribution is 0.329. The van der Waals surface area contributed by atoms with E-state index < -0.39 is 0 Å². The second-order valence-electron chi connectivity index (χ2n) is 4.96. The number of nitrogens with one attached hydrogen (secondary N) is 1. The first-order valence-corrected chi connectivity index (χ1v) is 6.46. The molecule has 1 fully saturated rings. The van der Waals surface area contributed by atoms with Crippen molar-refractivity contribution >= 4 is 0 Å². The topological polar surface area (TPSA) is 15.3 Å². The minimum Gasteiger partial charge on any atom is -0.312 e. The highest BCUT2D eigenvalue weighted by Gasteiger charge is 2.16. The lowest BCUT2D eigenvalue weighted by Crippen LogP contribution is -2.26. The van der Waals surface area contributed by atoms with Crippen LogP contribution in [-0.2, 0) is 19.5 Å². The average Bonchev–Trinajstić information content (AvgIpc) is 2.82. The third kappa shape index (κ3) is 2.00. The maximum atomic E-state index is 3.45. The molecule has 0 aliphatic carbocycles. The summed E-state index contributed by atoms with van der Waals surface area (Å²) in [5.74, 6) is 0. The molecule has 2 aliphatic rings. The number of likely N-dealkylation sites (tertiary alicyclic amines) is 1. The van der Waals surface area contributed by atoms with Crippen molar-refractivity contribution in [3.63, 3.8) is 0 Å². The van der Waals surface area contributed by atoms with Gasteiger partial charge in [-0.25, -0.2) is 0 Å². The zero-order chi connectivity index (χ0) is 10.8. The van der Waals surface area contributed by atoms with Crippen LogP contribution < -0.4 is 5.32 Å². The van der Waals surface area contributed by atoms with Gasteiger partial charge in [-0.1, -0.05) is 18.2 Å². The van der Waals surface area contributed by atoms with E-state index in [0.717, 1.165) is 13.1 Å². The lowest BCUT2D eigenvalue weighted by atomic mass is 9.95. The largest absolute Gasteiger partial charge is 0.312 e. The van der Waals surface area contributed by atoms with Gasteiger partial charge in [0, 0.05) is 13.1 Å². The van der Waals surface area contributed by atoms with Crippen molar-refractivity contribution in [3.8, 4) is 0 Å². The molecule has 0 aromatic heterocycles. The standard InChI is InChI=1S/C14H20N2/c1-2-9-16(8-1)11-13-5-3-4-12-10-15-7-6-14(12)13/h3-5,15H,1-2,6-11H2. The smallest absolute Gasteiger partial charge is 0.0236 e. The first-order valence-electron chi connectivity index (χ1n) is 6.46. The molecule has 16 heavy (non-hydrogen) atoms. The number of benzene rings is 1. The fourth-order valence-electron chi connectivity index (χ4n) is 2.94. The summed E-state index contributed by atoms with van der Waals surface area (Å²) in [6.07, 6.45) is 3.98. The van der Waals surface area contributed by atoms with E-state index in [2.05, 4.69) is 28.4 Å². The Kier molecular flexibility index (Phi) is 2.94. The van der Waals surface area contributed by atoms with Gasteiger partial charge in [0.25, 0.3) is 0 Å². The van der Waals surface area contributed by atoms with Crippen LogP contribution in [0.15, 0.2) is 18.2 Å². The molecule has 0 spiro atoms. The molecule has 0 radical (unpaired) electrons. The van der Waals surface area contributed by atoms with Crippen molar-refractivity contribution < 1.29 is 0 Å². The van der Waals surface area contributed by atoms with Gasteiger partial charge in [-0.3, -0.25) is 4.90 Å². The maximum absolute atomic E-state index is 3.45. The highest BCUT2D eigenvalue weighted by Crippen LogP contribution is 2.21. The Morgan fingerprint density at radius 2 is 2.06 bits per heavy atom. The van der Waals surface area contributed by atoms with Crippen LogP contribution in [0.4, 0.5) is 0 Å². The fraction of sp³-hybridized carbons (Fsp3) is 0.571. The molecule has 2 heteroatoms. The van der Waals surface area contributed by atoms with E-state index in [1.807, 2.05) is 0 Å². The predicted molar refractivity (Wildman–Crippen MR) is 66.4 cm³/mol. The van der Waals surface area contributed by atoms with E-state index in [0.29, 0.717) is 0 Å². The Morgan fingerprint density at radius 3 is 2.94 bits per heavy atom. The normalized spacial score (nSPS) is 21.0. The zero-order valence-corrected chi connectivity index (χ0v) is 9.84. The number of fused-ring (bicyclic) bond motifs is 1. The SMILES string of the molecule is c1cc2c(c(CN3CCCC3)c1)CCNC2. The molecular formula is C14H20N2. The van der Waals surface area contributed by atoms with E-state index in [9.17, 15) is 0 Å². The van der Waals surface area contributed by atoms with Crippen LogP contribution in [-0.4, -0.2) is 24.5 Å². The van der Waals surface area contributed by atoms with E-state index in [4.69, 9.17) is 0 Å². The summed E-state index contributed by atoms with van der Waals surface area (Å²) in [5, 5.41) is 3.45. The van der Waals surface area contributed by atoms with Gasteiger partial charge < -0.3 is 5.32 Å². The van der Waals surface area contributed by atoms with Crippen molar-refractivity contribution in [1.82, 2.24) is 10.2 Å². The number of rotatable bonds is 2. The molecule has 1 N–H and O–H groups in total. The molecule has 2 heterocycles. The van der Waals surface area contributed by atoms with Crippen molar-refractivity contribution in [2.24, 2.45) is 0 Å². The van der Waals surface area contributed by atoms with Crippen molar-refractivity contribution in [3.05, 3.63) is 34.9 Å². The van der Waals surface area contributed by atoms with Crippen molar-refractivity contribution in [2.45, 2.75) is 32.4 Å². The summed E-state index contributed by atoms with van der Waals surface area (Å²) in [6.45, 7) is 5.96. The van der Waals surface area contributed by atoms with Crippen LogP contribution >= 0.6 is 0 Å². The quantitative estimate of drug-likeness (QED) is 0.812. The van der Waals surface area contributed by atoms with Gasteiger partial charge in [-0.2, -0.15) is 0 Å². The van der Waals surface area contributed by atoms with Crippen LogP contribution in [0.2, 0.25) is 0 Å². The summed E-state index contributed by atoms with van der Waals surface area (Å²) < 4.78 is 0. The van der Waals surface area contributed by atoms with E-state index in [1.165, 1.54) is 44.5 Å². The molecule has 1 aromatic rings. The highest BCUT2D eigenvalue weighted by atomic mass is 15.1. The molecule has 0 atom stereocenters. The van der Waals surface area contributed by atoms with Crippen molar-refractivity contribution in [1.29, 1.82) is 0 Å². The van der Waals surface area contributed by atoms with Gasteiger partial charge in [0.15, 0.2) is 0 Å². The van der Waals surface area contributed by atoms with Crippen molar-refractivity contribution in [2.75, 3.05) is 19.6 Å². The molecular weight excluding hydrogens is 196 g/mol. The molecule has 1 saturated heterocycles. The third-order valence-corrected chi connectivity index (χ3v) is 3.83. The number of hydrogen-bond donors (Lipinski definition) is 1. The van der Waals surface area contributed by atoms with Gasteiger partial charge in [0.05, 0.1) is 0 Å².